The van der Waals surface area contributed by atoms with Crippen LogP contribution in [-0.4, -0.2) is 64.8 Å². The quantitative estimate of drug-likeness (QED) is 0.654. The average Bonchev–Trinajstić information content (AvgIpc) is 3.05. The highest BCUT2D eigenvalue weighted by Gasteiger charge is 2.42. The van der Waals surface area contributed by atoms with Crippen molar-refractivity contribution in [2.45, 2.75) is 43.7 Å². The van der Waals surface area contributed by atoms with Crippen molar-refractivity contribution < 1.29 is 25.3 Å². The Balaban J connectivity index is 1.98. The standard InChI is InChI=1S/C16H24N2O6S3/c1-12-3-4-16(13(2)9-12)27(23,24)18(15-6-8-26(21,22)11-15)17-14-5-7-25(19,20)10-14/h3-4,9,14-15,17H,5-8,10-11H2,1-2H3/t14-,15-/m0/s1. The summed E-state index contributed by atoms with van der Waals surface area (Å²) in [5.74, 6) is -0.527. The molecule has 0 aromatic heterocycles. The van der Waals surface area contributed by atoms with Gasteiger partial charge in [-0.05, 0) is 38.3 Å². The van der Waals surface area contributed by atoms with Gasteiger partial charge in [-0.25, -0.2) is 30.7 Å². The summed E-state index contributed by atoms with van der Waals surface area (Å²) in [5.41, 5.74) is 4.30. The lowest BCUT2D eigenvalue weighted by Gasteiger charge is -2.31. The number of nitrogens with one attached hydrogen (secondary N) is 1. The molecular weight excluding hydrogens is 412 g/mol. The van der Waals surface area contributed by atoms with Crippen LogP contribution in [0.4, 0.5) is 0 Å². The van der Waals surface area contributed by atoms with Crippen molar-refractivity contribution in [3.05, 3.63) is 29.3 Å². The van der Waals surface area contributed by atoms with Crippen LogP contribution >= 0.6 is 0 Å². The van der Waals surface area contributed by atoms with Gasteiger partial charge in [0.05, 0.1) is 33.9 Å². The Kier molecular flexibility index (Phi) is 5.45. The summed E-state index contributed by atoms with van der Waals surface area (Å²) < 4.78 is 75.0. The third-order valence-corrected chi connectivity index (χ3v) is 10.4. The molecular formula is C16H24N2O6S3. The zero-order valence-corrected chi connectivity index (χ0v) is 17.7. The van der Waals surface area contributed by atoms with Crippen molar-refractivity contribution in [1.82, 2.24) is 9.84 Å². The molecule has 1 N–H and O–H groups in total. The largest absolute Gasteiger partial charge is 0.256 e. The number of sulfone groups is 2. The maximum Gasteiger partial charge on any atom is 0.256 e. The second-order valence-corrected chi connectivity index (χ2v) is 13.6. The van der Waals surface area contributed by atoms with E-state index < -0.39 is 41.8 Å². The van der Waals surface area contributed by atoms with Crippen molar-refractivity contribution in [2.75, 3.05) is 23.0 Å². The van der Waals surface area contributed by atoms with Gasteiger partial charge in [-0.2, -0.15) is 0 Å². The summed E-state index contributed by atoms with van der Waals surface area (Å²) in [7, 11) is -10.6. The van der Waals surface area contributed by atoms with E-state index in [0.717, 1.165) is 9.98 Å². The summed E-state index contributed by atoms with van der Waals surface area (Å²) in [4.78, 5) is 0.0887. The van der Waals surface area contributed by atoms with E-state index in [9.17, 15) is 25.3 Å². The first-order chi connectivity index (χ1) is 12.4. The number of nitrogens with zero attached hydrogens (tertiary/aromatic N) is 1. The number of rotatable bonds is 5. The van der Waals surface area contributed by atoms with E-state index in [1.165, 1.54) is 6.07 Å². The number of hydrogen-bond acceptors (Lipinski definition) is 7. The summed E-state index contributed by atoms with van der Waals surface area (Å²) in [5, 5.41) is 0. The lowest BCUT2D eigenvalue weighted by Crippen LogP contribution is -2.54. The predicted octanol–water partition coefficient (Wildman–Crippen LogP) is 0.173. The normalized spacial score (nSPS) is 27.2. The van der Waals surface area contributed by atoms with Crippen LogP contribution in [0.15, 0.2) is 23.1 Å². The smallest absolute Gasteiger partial charge is 0.237 e. The van der Waals surface area contributed by atoms with Gasteiger partial charge in [-0.3, -0.25) is 0 Å². The van der Waals surface area contributed by atoms with E-state index in [-0.39, 0.29) is 34.3 Å². The highest BCUT2D eigenvalue weighted by atomic mass is 32.2. The fourth-order valence-corrected chi connectivity index (χ4v) is 8.84. The van der Waals surface area contributed by atoms with Crippen LogP contribution in [0.2, 0.25) is 0 Å². The number of benzene rings is 1. The third-order valence-electron chi connectivity index (χ3n) is 4.95. The fourth-order valence-electron chi connectivity index (χ4n) is 3.60. The molecule has 2 atom stereocenters. The van der Waals surface area contributed by atoms with E-state index in [1.807, 2.05) is 6.92 Å². The molecule has 11 heteroatoms. The molecule has 2 saturated heterocycles. The molecule has 27 heavy (non-hydrogen) atoms. The second-order valence-electron chi connectivity index (χ2n) is 7.36. The number of aryl methyl sites for hydroxylation is 2. The molecule has 0 bridgehead atoms. The van der Waals surface area contributed by atoms with E-state index in [4.69, 9.17) is 0 Å². The second kappa shape index (κ2) is 7.11. The summed E-state index contributed by atoms with van der Waals surface area (Å²) >= 11 is 0. The van der Waals surface area contributed by atoms with Crippen molar-refractivity contribution in [3.8, 4) is 0 Å². The molecule has 0 aliphatic carbocycles. The highest BCUT2D eigenvalue weighted by Crippen LogP contribution is 2.27. The van der Waals surface area contributed by atoms with Gasteiger partial charge in [-0.15, -0.1) is 4.41 Å². The maximum absolute atomic E-state index is 13.3. The minimum absolute atomic E-state index is 0.00885. The number of hydrogen-bond donors (Lipinski definition) is 1. The van der Waals surface area contributed by atoms with Crippen molar-refractivity contribution in [1.29, 1.82) is 0 Å². The van der Waals surface area contributed by atoms with Crippen molar-refractivity contribution in [3.63, 3.8) is 0 Å². The van der Waals surface area contributed by atoms with Crippen LogP contribution < -0.4 is 5.43 Å². The molecule has 2 aliphatic heterocycles. The molecule has 0 amide bonds. The van der Waals surface area contributed by atoms with Gasteiger partial charge in [0.15, 0.2) is 19.7 Å². The van der Waals surface area contributed by atoms with E-state index in [2.05, 4.69) is 5.43 Å². The number of sulfonamides is 1. The molecule has 0 radical (unpaired) electrons. The van der Waals surface area contributed by atoms with Crippen LogP contribution in [0.5, 0.6) is 0 Å². The monoisotopic (exact) mass is 436 g/mol. The van der Waals surface area contributed by atoms with E-state index >= 15 is 0 Å². The van der Waals surface area contributed by atoms with Crippen LogP contribution in [0.1, 0.15) is 24.0 Å². The van der Waals surface area contributed by atoms with Gasteiger partial charge in [0.2, 0.25) is 0 Å². The minimum atomic E-state index is -4.04. The maximum atomic E-state index is 13.3. The molecule has 0 unspecified atom stereocenters. The van der Waals surface area contributed by atoms with Gasteiger partial charge in [-0.1, -0.05) is 17.7 Å². The van der Waals surface area contributed by atoms with Gasteiger partial charge in [0.25, 0.3) is 10.0 Å². The summed E-state index contributed by atoms with van der Waals surface area (Å²) in [6, 6.07) is 3.62. The molecule has 0 spiro atoms. The molecule has 2 fully saturated rings. The Morgan fingerprint density at radius 3 is 2.15 bits per heavy atom. The van der Waals surface area contributed by atoms with Crippen LogP contribution in [0, 0.1) is 13.8 Å². The van der Waals surface area contributed by atoms with Crippen LogP contribution in [0.3, 0.4) is 0 Å². The molecule has 1 aromatic carbocycles. The van der Waals surface area contributed by atoms with Crippen molar-refractivity contribution in [2.24, 2.45) is 0 Å². The van der Waals surface area contributed by atoms with Crippen LogP contribution in [0.25, 0.3) is 0 Å². The topological polar surface area (TPSA) is 118 Å². The molecule has 8 nitrogen and oxygen atoms in total. The molecule has 152 valence electrons. The van der Waals surface area contributed by atoms with Crippen LogP contribution in [-0.2, 0) is 29.7 Å². The van der Waals surface area contributed by atoms with Gasteiger partial charge in [0, 0.05) is 6.04 Å². The average molecular weight is 437 g/mol. The highest BCUT2D eigenvalue weighted by molar-refractivity contribution is 7.92. The van der Waals surface area contributed by atoms with E-state index in [0.29, 0.717) is 12.0 Å². The molecule has 3 rings (SSSR count). The molecule has 0 saturated carbocycles. The Hall–Kier alpha value is -1.01. The fraction of sp³-hybridized carbons (Fsp3) is 0.625. The minimum Gasteiger partial charge on any atom is -0.237 e. The molecule has 1 aromatic rings. The van der Waals surface area contributed by atoms with Gasteiger partial charge < -0.3 is 0 Å². The lowest BCUT2D eigenvalue weighted by molar-refractivity contribution is 0.229. The first kappa shape index (κ1) is 20.7. The Morgan fingerprint density at radius 2 is 1.63 bits per heavy atom. The first-order valence-electron chi connectivity index (χ1n) is 8.68. The first-order valence-corrected chi connectivity index (χ1v) is 13.8. The summed E-state index contributed by atoms with van der Waals surface area (Å²) in [6.45, 7) is 3.54. The third kappa shape index (κ3) is 4.53. The van der Waals surface area contributed by atoms with Crippen molar-refractivity contribution >= 4 is 29.7 Å². The molecule has 2 heterocycles. The Labute approximate surface area is 160 Å². The Morgan fingerprint density at radius 1 is 1.00 bits per heavy atom. The Bertz CT molecular complexity index is 1050. The molecule has 2 aliphatic rings. The zero-order valence-electron chi connectivity index (χ0n) is 15.3. The number of hydrazine groups is 1. The van der Waals surface area contributed by atoms with Gasteiger partial charge >= 0.3 is 0 Å². The summed E-state index contributed by atoms with van der Waals surface area (Å²) in [6.07, 6.45) is 0.472. The zero-order chi connectivity index (χ0) is 20.0. The van der Waals surface area contributed by atoms with Gasteiger partial charge in [0.1, 0.15) is 0 Å². The SMILES string of the molecule is Cc1ccc(S(=O)(=O)N(N[C@H]2CCS(=O)(=O)C2)[C@H]2CCS(=O)(=O)C2)c(C)c1. The van der Waals surface area contributed by atoms with E-state index in [1.54, 1.807) is 19.1 Å². The lowest BCUT2D eigenvalue weighted by atomic mass is 10.2. The predicted molar refractivity (Wildman–Crippen MR) is 102 cm³/mol.